The number of amides is 2. The number of fused-ring (bicyclic) bond motifs is 1. The maximum atomic E-state index is 13.4. The normalized spacial score (nSPS) is 15.2. The van der Waals surface area contributed by atoms with Crippen molar-refractivity contribution in [1.29, 1.82) is 0 Å². The van der Waals surface area contributed by atoms with Crippen molar-refractivity contribution in [2.45, 2.75) is 63.0 Å². The Balaban J connectivity index is 1.44. The third-order valence-corrected chi connectivity index (χ3v) is 9.35. The average molecular weight is 585 g/mol. The first-order chi connectivity index (χ1) is 18.8. The molecule has 0 aliphatic heterocycles. The molecule has 1 aliphatic carbocycles. The van der Waals surface area contributed by atoms with E-state index in [1.165, 1.54) is 23.1 Å². The summed E-state index contributed by atoms with van der Waals surface area (Å²) in [5.41, 5.74) is 3.08. The number of benzene rings is 2. The van der Waals surface area contributed by atoms with E-state index in [0.29, 0.717) is 33.6 Å². The van der Waals surface area contributed by atoms with Gasteiger partial charge in [0.15, 0.2) is 0 Å². The Morgan fingerprint density at radius 2 is 1.90 bits per heavy atom. The summed E-state index contributed by atoms with van der Waals surface area (Å²) in [4.78, 5) is 40.8. The van der Waals surface area contributed by atoms with Gasteiger partial charge < -0.3 is 15.4 Å². The zero-order valence-electron chi connectivity index (χ0n) is 22.3. The lowest BCUT2D eigenvalue weighted by molar-refractivity contribution is -0.116. The van der Waals surface area contributed by atoms with Crippen molar-refractivity contribution in [3.63, 3.8) is 0 Å². The summed E-state index contributed by atoms with van der Waals surface area (Å²) in [6, 6.07) is 14.7. The molecule has 1 aromatic heterocycles. The Labute approximate surface area is 242 Å². The highest BCUT2D eigenvalue weighted by atomic mass is 35.5. The quantitative estimate of drug-likeness (QED) is 0.192. The van der Waals surface area contributed by atoms with Crippen LogP contribution in [0.4, 0.5) is 10.7 Å². The molecule has 1 aliphatic rings. The third kappa shape index (κ3) is 7.65. The van der Waals surface area contributed by atoms with E-state index in [1.54, 1.807) is 19.1 Å². The molecule has 4 rings (SSSR count). The van der Waals surface area contributed by atoms with Crippen molar-refractivity contribution in [3.8, 4) is 0 Å². The number of ether oxygens (including phenoxy) is 1. The molecule has 1 heterocycles. The van der Waals surface area contributed by atoms with Crippen LogP contribution in [0.2, 0.25) is 5.02 Å². The number of esters is 1. The topological polar surface area (TPSA) is 84.5 Å². The molecule has 0 spiro atoms. The van der Waals surface area contributed by atoms with Gasteiger partial charge in [0.2, 0.25) is 11.8 Å². The van der Waals surface area contributed by atoms with Gasteiger partial charge in [-0.15, -0.1) is 23.1 Å². The standard InChI is InChI=1S/C30H33ClN2O4S2/c1-4-24(28(35)33-29-27(30(36)37-5-2)23-14-9-18(3)15-25(23)39-29)38-22-8-6-7-21(17-22)32-26(34)16-19-10-12-20(31)13-11-19/h6-8,10-13,17-18,24H,4-5,9,14-16H2,1-3H3,(H,32,34)(H,33,35). The van der Waals surface area contributed by atoms with Crippen LogP contribution < -0.4 is 10.6 Å². The lowest BCUT2D eigenvalue weighted by Crippen LogP contribution is -2.25. The number of carbonyl (C=O) groups excluding carboxylic acids is 3. The number of thiophene rings is 1. The molecule has 0 bridgehead atoms. The summed E-state index contributed by atoms with van der Waals surface area (Å²) in [6.07, 6.45) is 3.58. The predicted molar refractivity (Wildman–Crippen MR) is 160 cm³/mol. The maximum absolute atomic E-state index is 13.4. The molecule has 9 heteroatoms. The molecular formula is C30H33ClN2O4S2. The van der Waals surface area contributed by atoms with Gasteiger partial charge in [0.05, 0.1) is 23.8 Å². The van der Waals surface area contributed by atoms with E-state index in [-0.39, 0.29) is 36.1 Å². The number of carbonyl (C=O) groups is 3. The number of nitrogens with one attached hydrogen (secondary N) is 2. The predicted octanol–water partition coefficient (Wildman–Crippen LogP) is 7.39. The summed E-state index contributed by atoms with van der Waals surface area (Å²) >= 11 is 8.86. The molecule has 0 saturated heterocycles. The fourth-order valence-corrected chi connectivity index (χ4v) is 7.12. The summed E-state index contributed by atoms with van der Waals surface area (Å²) in [6.45, 7) is 6.24. The van der Waals surface area contributed by atoms with Gasteiger partial charge in [-0.2, -0.15) is 0 Å². The second-order valence-electron chi connectivity index (χ2n) is 9.66. The van der Waals surface area contributed by atoms with E-state index < -0.39 is 0 Å². The highest BCUT2D eigenvalue weighted by molar-refractivity contribution is 8.00. The van der Waals surface area contributed by atoms with Crippen LogP contribution in [0.25, 0.3) is 0 Å². The van der Waals surface area contributed by atoms with Crippen LogP contribution >= 0.6 is 34.7 Å². The second kappa shape index (κ2) is 13.5. The fourth-order valence-electron chi connectivity index (χ4n) is 4.58. The number of thioether (sulfide) groups is 1. The van der Waals surface area contributed by atoms with Gasteiger partial charge in [0.25, 0.3) is 0 Å². The number of rotatable bonds is 10. The van der Waals surface area contributed by atoms with Gasteiger partial charge in [-0.05, 0) is 80.0 Å². The van der Waals surface area contributed by atoms with Gasteiger partial charge in [-0.25, -0.2) is 4.79 Å². The van der Waals surface area contributed by atoms with Crippen LogP contribution in [0.3, 0.4) is 0 Å². The van der Waals surface area contributed by atoms with Crippen LogP contribution in [0.15, 0.2) is 53.4 Å². The molecule has 39 heavy (non-hydrogen) atoms. The molecular weight excluding hydrogens is 552 g/mol. The second-order valence-corrected chi connectivity index (χ2v) is 12.5. The number of anilines is 2. The minimum Gasteiger partial charge on any atom is -0.462 e. The average Bonchev–Trinajstić information content (AvgIpc) is 3.25. The molecule has 3 aromatic rings. The summed E-state index contributed by atoms with van der Waals surface area (Å²) < 4.78 is 5.34. The van der Waals surface area contributed by atoms with Gasteiger partial charge in [0.1, 0.15) is 5.00 Å². The molecule has 2 N–H and O–H groups in total. The van der Waals surface area contributed by atoms with Crippen molar-refractivity contribution in [3.05, 3.63) is 75.1 Å². The van der Waals surface area contributed by atoms with Gasteiger partial charge in [-0.1, -0.05) is 43.6 Å². The Morgan fingerprint density at radius 3 is 2.62 bits per heavy atom. The zero-order chi connectivity index (χ0) is 27.9. The maximum Gasteiger partial charge on any atom is 0.341 e. The van der Waals surface area contributed by atoms with E-state index in [9.17, 15) is 14.4 Å². The van der Waals surface area contributed by atoms with Crippen molar-refractivity contribution in [1.82, 2.24) is 0 Å². The molecule has 206 valence electrons. The van der Waals surface area contributed by atoms with E-state index >= 15 is 0 Å². The lowest BCUT2D eigenvalue weighted by atomic mass is 9.88. The minimum absolute atomic E-state index is 0.133. The zero-order valence-corrected chi connectivity index (χ0v) is 24.7. The van der Waals surface area contributed by atoms with E-state index in [1.807, 2.05) is 43.3 Å². The number of hydrogen-bond acceptors (Lipinski definition) is 6. The van der Waals surface area contributed by atoms with Crippen molar-refractivity contribution >= 4 is 63.2 Å². The first-order valence-electron chi connectivity index (χ1n) is 13.2. The molecule has 0 radical (unpaired) electrons. The number of hydrogen-bond donors (Lipinski definition) is 2. The Morgan fingerprint density at radius 1 is 1.13 bits per heavy atom. The van der Waals surface area contributed by atoms with Crippen LogP contribution in [0, 0.1) is 5.92 Å². The van der Waals surface area contributed by atoms with Crippen LogP contribution in [-0.2, 0) is 33.6 Å². The van der Waals surface area contributed by atoms with Crippen LogP contribution in [0.5, 0.6) is 0 Å². The summed E-state index contributed by atoms with van der Waals surface area (Å²) in [5, 5.41) is 6.82. The molecule has 6 nitrogen and oxygen atoms in total. The van der Waals surface area contributed by atoms with Crippen LogP contribution in [0.1, 0.15) is 60.0 Å². The Bertz CT molecular complexity index is 1340. The molecule has 2 unspecified atom stereocenters. The number of halogens is 1. The minimum atomic E-state index is -0.377. The van der Waals surface area contributed by atoms with Crippen molar-refractivity contribution in [2.24, 2.45) is 5.92 Å². The smallest absolute Gasteiger partial charge is 0.341 e. The van der Waals surface area contributed by atoms with E-state index in [4.69, 9.17) is 16.3 Å². The highest BCUT2D eigenvalue weighted by Gasteiger charge is 2.30. The molecule has 2 aromatic carbocycles. The fraction of sp³-hybridized carbons (Fsp3) is 0.367. The monoisotopic (exact) mass is 584 g/mol. The van der Waals surface area contributed by atoms with E-state index in [0.717, 1.165) is 40.2 Å². The third-order valence-electron chi connectivity index (χ3n) is 6.57. The summed E-state index contributed by atoms with van der Waals surface area (Å²) in [7, 11) is 0. The van der Waals surface area contributed by atoms with Crippen LogP contribution in [-0.4, -0.2) is 29.6 Å². The lowest BCUT2D eigenvalue weighted by Gasteiger charge is -2.18. The van der Waals surface area contributed by atoms with Gasteiger partial charge in [-0.3, -0.25) is 9.59 Å². The summed E-state index contributed by atoms with van der Waals surface area (Å²) in [5.74, 6) is -0.112. The van der Waals surface area contributed by atoms with E-state index in [2.05, 4.69) is 17.6 Å². The van der Waals surface area contributed by atoms with Crippen molar-refractivity contribution in [2.75, 3.05) is 17.2 Å². The Kier molecular flexibility index (Phi) is 10.1. The Hall–Kier alpha value is -2.81. The van der Waals surface area contributed by atoms with Crippen molar-refractivity contribution < 1.29 is 19.1 Å². The SMILES string of the molecule is CCOC(=O)c1c(NC(=O)C(CC)Sc2cccc(NC(=O)Cc3ccc(Cl)cc3)c2)sc2c1CCC(C)C2. The molecule has 2 atom stereocenters. The first kappa shape index (κ1) is 29.2. The van der Waals surface area contributed by atoms with Gasteiger partial charge in [0, 0.05) is 20.5 Å². The largest absolute Gasteiger partial charge is 0.462 e. The van der Waals surface area contributed by atoms with Gasteiger partial charge >= 0.3 is 5.97 Å². The molecule has 2 amide bonds. The molecule has 0 saturated carbocycles. The molecule has 0 fully saturated rings. The first-order valence-corrected chi connectivity index (χ1v) is 15.3. The highest BCUT2D eigenvalue weighted by Crippen LogP contribution is 2.40.